The second-order valence-corrected chi connectivity index (χ2v) is 11.9. The number of hydrogen-bond acceptors (Lipinski definition) is 2. The van der Waals surface area contributed by atoms with E-state index in [-0.39, 0.29) is 5.97 Å². The van der Waals surface area contributed by atoms with Gasteiger partial charge < -0.3 is 4.74 Å². The first-order valence-electron chi connectivity index (χ1n) is 17.1. The molecule has 0 radical (unpaired) electrons. The molecule has 214 valence electrons. The van der Waals surface area contributed by atoms with Crippen LogP contribution in [0.3, 0.4) is 0 Å². The monoisotopic (exact) mass is 507 g/mol. The topological polar surface area (TPSA) is 26.3 Å². The molecule has 1 rings (SSSR count). The highest BCUT2D eigenvalue weighted by Gasteiger charge is 2.03. The molecule has 1 aliphatic heterocycles. The summed E-state index contributed by atoms with van der Waals surface area (Å²) >= 11 is 0. The van der Waals surface area contributed by atoms with E-state index in [9.17, 15) is 4.79 Å². The second kappa shape index (κ2) is 29.0. The lowest BCUT2D eigenvalue weighted by Crippen LogP contribution is -2.05. The fourth-order valence-corrected chi connectivity index (χ4v) is 5.76. The zero-order valence-corrected chi connectivity index (χ0v) is 24.7. The van der Waals surface area contributed by atoms with Crippen LogP contribution in [0.25, 0.3) is 0 Å². The van der Waals surface area contributed by atoms with Gasteiger partial charge in [0.25, 0.3) is 0 Å². The minimum atomic E-state index is 0.0303. The smallest absolute Gasteiger partial charge is 0.305 e. The maximum absolute atomic E-state index is 11.9. The molecule has 1 heterocycles. The lowest BCUT2D eigenvalue weighted by atomic mass is 10.0. The van der Waals surface area contributed by atoms with E-state index in [4.69, 9.17) is 4.74 Å². The largest absolute Gasteiger partial charge is 0.466 e. The fourth-order valence-electron chi connectivity index (χ4n) is 5.76. The lowest BCUT2D eigenvalue weighted by Gasteiger charge is -2.06. The van der Waals surface area contributed by atoms with Gasteiger partial charge in [0.15, 0.2) is 0 Å². The summed E-state index contributed by atoms with van der Waals surface area (Å²) in [7, 11) is 0. The van der Waals surface area contributed by atoms with Crippen LogP contribution in [0.1, 0.15) is 205 Å². The van der Waals surface area contributed by atoms with Crippen molar-refractivity contribution in [2.24, 2.45) is 0 Å². The third-order valence-corrected chi connectivity index (χ3v) is 8.29. The molecule has 1 fully saturated rings. The molecule has 0 aromatic carbocycles. The third kappa shape index (κ3) is 26.5. The summed E-state index contributed by atoms with van der Waals surface area (Å²) in [6, 6.07) is 0. The van der Waals surface area contributed by atoms with Gasteiger partial charge in [-0.1, -0.05) is 186 Å². The predicted octanol–water partition coefficient (Wildman–Crippen LogP) is 12.0. The van der Waals surface area contributed by atoms with Gasteiger partial charge in [0, 0.05) is 6.42 Å². The average molecular weight is 507 g/mol. The standard InChI is InChI=1S/C34H66O2/c35-34-32-30-28-26-24-22-20-18-16-14-12-10-8-6-4-2-1-3-5-7-9-11-13-15-17-19-21-23-25-27-29-31-33-36-34/h1-33H2. The third-order valence-electron chi connectivity index (χ3n) is 8.29. The van der Waals surface area contributed by atoms with E-state index in [0.717, 1.165) is 12.8 Å². The van der Waals surface area contributed by atoms with E-state index in [0.29, 0.717) is 13.0 Å². The minimum Gasteiger partial charge on any atom is -0.466 e. The Kier molecular flexibility index (Phi) is 27.0. The first-order valence-corrected chi connectivity index (χ1v) is 17.1. The Balaban J connectivity index is 2.06. The number of cyclic esters (lactones) is 1. The van der Waals surface area contributed by atoms with Crippen LogP contribution >= 0.6 is 0 Å². The van der Waals surface area contributed by atoms with E-state index in [1.54, 1.807) is 0 Å². The number of esters is 1. The van der Waals surface area contributed by atoms with Crippen molar-refractivity contribution < 1.29 is 9.53 Å². The number of ether oxygens (including phenoxy) is 1. The van der Waals surface area contributed by atoms with Gasteiger partial charge in [-0.15, -0.1) is 0 Å². The molecule has 0 saturated carbocycles. The zero-order valence-electron chi connectivity index (χ0n) is 24.7. The van der Waals surface area contributed by atoms with Gasteiger partial charge in [-0.05, 0) is 12.8 Å². The van der Waals surface area contributed by atoms with E-state index < -0.39 is 0 Å². The van der Waals surface area contributed by atoms with Gasteiger partial charge in [0.2, 0.25) is 0 Å². The molecular formula is C34H66O2. The van der Waals surface area contributed by atoms with E-state index >= 15 is 0 Å². The normalized spacial score (nSPS) is 23.5. The van der Waals surface area contributed by atoms with Crippen molar-refractivity contribution in [1.29, 1.82) is 0 Å². The molecular weight excluding hydrogens is 440 g/mol. The van der Waals surface area contributed by atoms with Crippen molar-refractivity contribution >= 4 is 5.97 Å². The minimum absolute atomic E-state index is 0.0303. The molecule has 0 aromatic rings. The van der Waals surface area contributed by atoms with E-state index in [1.807, 2.05) is 0 Å². The Hall–Kier alpha value is -0.530. The summed E-state index contributed by atoms with van der Waals surface area (Å²) in [4.78, 5) is 11.9. The first kappa shape index (κ1) is 33.5. The number of rotatable bonds is 0. The van der Waals surface area contributed by atoms with Crippen LogP contribution in [0.15, 0.2) is 0 Å². The molecule has 2 heteroatoms. The van der Waals surface area contributed by atoms with Crippen LogP contribution in [0, 0.1) is 0 Å². The molecule has 2 nitrogen and oxygen atoms in total. The van der Waals surface area contributed by atoms with Crippen LogP contribution in [-0.2, 0) is 9.53 Å². The maximum Gasteiger partial charge on any atom is 0.305 e. The summed E-state index contributed by atoms with van der Waals surface area (Å²) in [5, 5.41) is 0. The highest BCUT2D eigenvalue weighted by molar-refractivity contribution is 5.69. The van der Waals surface area contributed by atoms with Gasteiger partial charge in [-0.3, -0.25) is 4.79 Å². The highest BCUT2D eigenvalue weighted by atomic mass is 16.5. The van der Waals surface area contributed by atoms with Crippen LogP contribution in [0.5, 0.6) is 0 Å². The molecule has 0 aliphatic carbocycles. The fraction of sp³-hybridized carbons (Fsp3) is 0.971. The van der Waals surface area contributed by atoms with Gasteiger partial charge in [-0.2, -0.15) is 0 Å². The van der Waals surface area contributed by atoms with Crippen molar-refractivity contribution in [1.82, 2.24) is 0 Å². The van der Waals surface area contributed by atoms with Crippen molar-refractivity contribution in [3.8, 4) is 0 Å². The molecule has 0 atom stereocenters. The Morgan fingerprint density at radius 1 is 0.278 bits per heavy atom. The lowest BCUT2D eigenvalue weighted by molar-refractivity contribution is -0.143. The number of carbonyl (C=O) groups excluding carboxylic acids is 1. The van der Waals surface area contributed by atoms with Gasteiger partial charge in [0.05, 0.1) is 6.61 Å². The van der Waals surface area contributed by atoms with Crippen LogP contribution in [0.4, 0.5) is 0 Å². The van der Waals surface area contributed by atoms with Crippen LogP contribution < -0.4 is 0 Å². The first-order chi connectivity index (χ1) is 17.9. The van der Waals surface area contributed by atoms with Crippen molar-refractivity contribution in [2.75, 3.05) is 6.61 Å². The quantitative estimate of drug-likeness (QED) is 0.305. The Morgan fingerprint density at radius 2 is 0.472 bits per heavy atom. The molecule has 36 heavy (non-hydrogen) atoms. The van der Waals surface area contributed by atoms with Crippen molar-refractivity contribution in [3.63, 3.8) is 0 Å². The second-order valence-electron chi connectivity index (χ2n) is 11.9. The maximum atomic E-state index is 11.9. The van der Waals surface area contributed by atoms with Crippen LogP contribution in [0.2, 0.25) is 0 Å². The van der Waals surface area contributed by atoms with Crippen molar-refractivity contribution in [3.05, 3.63) is 0 Å². The summed E-state index contributed by atoms with van der Waals surface area (Å²) < 4.78 is 5.43. The van der Waals surface area contributed by atoms with E-state index in [1.165, 1.54) is 186 Å². The molecule has 1 saturated heterocycles. The summed E-state index contributed by atoms with van der Waals surface area (Å²) in [5.41, 5.74) is 0. The van der Waals surface area contributed by atoms with Gasteiger partial charge in [-0.25, -0.2) is 0 Å². The Morgan fingerprint density at radius 3 is 0.722 bits per heavy atom. The van der Waals surface area contributed by atoms with Crippen LogP contribution in [-0.4, -0.2) is 12.6 Å². The zero-order chi connectivity index (χ0) is 25.6. The Labute approximate surface area is 227 Å². The number of carbonyl (C=O) groups is 1. The molecule has 0 aromatic heterocycles. The predicted molar refractivity (Wildman–Crippen MR) is 159 cm³/mol. The Bertz CT molecular complexity index is 395. The van der Waals surface area contributed by atoms with Gasteiger partial charge >= 0.3 is 5.97 Å². The molecule has 0 bridgehead atoms. The molecule has 0 spiro atoms. The SMILES string of the molecule is O=C1CCCCCCCCCCCCCCCCCCCCCCCCCCCCCCCCCO1. The summed E-state index contributed by atoms with van der Waals surface area (Å²) in [6.45, 7) is 0.638. The van der Waals surface area contributed by atoms with Crippen molar-refractivity contribution in [2.45, 2.75) is 205 Å². The van der Waals surface area contributed by atoms with E-state index in [2.05, 4.69) is 0 Å². The molecule has 0 unspecified atom stereocenters. The van der Waals surface area contributed by atoms with Gasteiger partial charge in [0.1, 0.15) is 0 Å². The highest BCUT2D eigenvalue weighted by Crippen LogP contribution is 2.17. The molecule has 0 N–H and O–H groups in total. The molecule has 0 amide bonds. The summed E-state index contributed by atoms with van der Waals surface area (Å²) in [5.74, 6) is 0.0303. The summed E-state index contributed by atoms with van der Waals surface area (Å²) in [6.07, 6.45) is 43.7. The average Bonchev–Trinajstić information content (AvgIpc) is 2.88. The number of hydrogen-bond donors (Lipinski definition) is 0. The molecule has 1 aliphatic rings.